The van der Waals surface area contributed by atoms with E-state index in [4.69, 9.17) is 9.47 Å². The maximum absolute atomic E-state index is 11.8. The predicted octanol–water partition coefficient (Wildman–Crippen LogP) is 1.32. The second-order valence-electron chi connectivity index (χ2n) is 5.02. The average Bonchev–Trinajstić information content (AvgIpc) is 3.01. The molecule has 0 saturated heterocycles. The number of aromatic nitrogens is 2. The van der Waals surface area contributed by atoms with E-state index >= 15 is 0 Å². The van der Waals surface area contributed by atoms with E-state index in [1.807, 2.05) is 0 Å². The van der Waals surface area contributed by atoms with Gasteiger partial charge >= 0.3 is 11.7 Å². The Kier molecular flexibility index (Phi) is 5.63. The number of aryl methyl sites for hydroxylation is 1. The summed E-state index contributed by atoms with van der Waals surface area (Å²) in [5.41, 5.74) is 2.61. The van der Waals surface area contributed by atoms with Crippen molar-refractivity contribution >= 4 is 23.8 Å². The number of nitrogens with zero attached hydrogens (tertiary/aromatic N) is 3. The molecule has 26 heavy (non-hydrogen) atoms. The Morgan fingerprint density at radius 1 is 1.42 bits per heavy atom. The molecule has 0 bridgehead atoms. The van der Waals surface area contributed by atoms with E-state index in [1.165, 1.54) is 25.3 Å². The molecule has 2 rings (SSSR count). The van der Waals surface area contributed by atoms with Crippen LogP contribution in [-0.4, -0.2) is 40.3 Å². The van der Waals surface area contributed by atoms with Crippen molar-refractivity contribution in [2.75, 3.05) is 7.11 Å². The number of aromatic amines is 1. The lowest BCUT2D eigenvalue weighted by Crippen LogP contribution is -2.18. The first-order valence-corrected chi connectivity index (χ1v) is 7.22. The second-order valence-corrected chi connectivity index (χ2v) is 5.02. The highest BCUT2D eigenvalue weighted by Gasteiger charge is 2.25. The number of hydrazone groups is 1. The van der Waals surface area contributed by atoms with Gasteiger partial charge in [-0.3, -0.25) is 24.8 Å². The Balaban J connectivity index is 2.29. The highest BCUT2D eigenvalue weighted by molar-refractivity contribution is 5.94. The number of esters is 1. The Bertz CT molecular complexity index is 889. The number of nitrogens with one attached hydrogen (secondary N) is 2. The van der Waals surface area contributed by atoms with Gasteiger partial charge in [0.25, 0.3) is 5.91 Å². The van der Waals surface area contributed by atoms with Gasteiger partial charge in [-0.25, -0.2) is 5.43 Å². The summed E-state index contributed by atoms with van der Waals surface area (Å²) in [4.78, 5) is 33.6. The number of nitro groups is 1. The van der Waals surface area contributed by atoms with Crippen molar-refractivity contribution in [3.63, 3.8) is 0 Å². The molecule has 0 spiro atoms. The molecule has 11 heteroatoms. The SMILES string of the molecule is COc1c(OC(C)=O)ccc(C=NNC(=O)c2cc(C)[nH]n2)c1[N+](=O)[O-]. The third-order valence-corrected chi connectivity index (χ3v) is 3.08. The normalized spacial score (nSPS) is 10.6. The van der Waals surface area contributed by atoms with Gasteiger partial charge in [0.1, 0.15) is 0 Å². The van der Waals surface area contributed by atoms with Crippen LogP contribution in [0.25, 0.3) is 0 Å². The van der Waals surface area contributed by atoms with Gasteiger partial charge < -0.3 is 9.47 Å². The van der Waals surface area contributed by atoms with E-state index in [2.05, 4.69) is 20.7 Å². The van der Waals surface area contributed by atoms with Crippen molar-refractivity contribution in [3.8, 4) is 11.5 Å². The van der Waals surface area contributed by atoms with E-state index in [0.717, 1.165) is 13.1 Å². The van der Waals surface area contributed by atoms with Gasteiger partial charge in [0.2, 0.25) is 5.75 Å². The van der Waals surface area contributed by atoms with Gasteiger partial charge in [-0.05, 0) is 25.1 Å². The number of H-pyrrole nitrogens is 1. The zero-order chi connectivity index (χ0) is 19.3. The summed E-state index contributed by atoms with van der Waals surface area (Å²) in [6.45, 7) is 2.89. The minimum absolute atomic E-state index is 0.0428. The molecule has 0 aliphatic carbocycles. The number of amides is 1. The maximum atomic E-state index is 11.8. The van der Waals surface area contributed by atoms with Gasteiger partial charge in [0.05, 0.1) is 23.8 Å². The molecular weight excluding hydrogens is 346 g/mol. The number of hydrogen-bond donors (Lipinski definition) is 2. The lowest BCUT2D eigenvalue weighted by atomic mass is 10.1. The van der Waals surface area contributed by atoms with Gasteiger partial charge in [-0.15, -0.1) is 0 Å². The highest BCUT2D eigenvalue weighted by atomic mass is 16.6. The third-order valence-electron chi connectivity index (χ3n) is 3.08. The maximum Gasteiger partial charge on any atom is 0.323 e. The van der Waals surface area contributed by atoms with Gasteiger partial charge in [0, 0.05) is 12.6 Å². The quantitative estimate of drug-likeness (QED) is 0.259. The van der Waals surface area contributed by atoms with Crippen LogP contribution in [0.15, 0.2) is 23.3 Å². The molecule has 0 unspecified atom stereocenters. The van der Waals surface area contributed by atoms with Crippen molar-refractivity contribution in [1.82, 2.24) is 15.6 Å². The topological polar surface area (TPSA) is 149 Å². The summed E-state index contributed by atoms with van der Waals surface area (Å²) in [5, 5.41) is 21.4. The van der Waals surface area contributed by atoms with Crippen LogP contribution in [-0.2, 0) is 4.79 Å². The first-order valence-electron chi connectivity index (χ1n) is 7.22. The Hall–Kier alpha value is -3.76. The van der Waals surface area contributed by atoms with Crippen molar-refractivity contribution in [2.45, 2.75) is 13.8 Å². The number of rotatable bonds is 6. The lowest BCUT2D eigenvalue weighted by molar-refractivity contribution is -0.385. The summed E-state index contributed by atoms with van der Waals surface area (Å²) >= 11 is 0. The van der Waals surface area contributed by atoms with Crippen LogP contribution in [0, 0.1) is 17.0 Å². The predicted molar refractivity (Wildman–Crippen MR) is 89.3 cm³/mol. The minimum Gasteiger partial charge on any atom is -0.488 e. The van der Waals surface area contributed by atoms with E-state index in [9.17, 15) is 19.7 Å². The molecule has 1 aromatic carbocycles. The molecule has 0 fully saturated rings. The summed E-state index contributed by atoms with van der Waals surface area (Å²) in [6.07, 6.45) is 1.08. The van der Waals surface area contributed by atoms with Crippen LogP contribution in [0.3, 0.4) is 0 Å². The molecule has 2 N–H and O–H groups in total. The number of ether oxygens (including phenoxy) is 2. The molecular formula is C15H15N5O6. The molecule has 1 heterocycles. The zero-order valence-electron chi connectivity index (χ0n) is 14.1. The fraction of sp³-hybridized carbons (Fsp3) is 0.200. The molecule has 136 valence electrons. The van der Waals surface area contributed by atoms with E-state index < -0.39 is 22.5 Å². The molecule has 11 nitrogen and oxygen atoms in total. The largest absolute Gasteiger partial charge is 0.488 e. The third kappa shape index (κ3) is 4.20. The van der Waals surface area contributed by atoms with E-state index in [1.54, 1.807) is 6.92 Å². The first-order chi connectivity index (χ1) is 12.3. The summed E-state index contributed by atoms with van der Waals surface area (Å²) in [5.74, 6) is -1.57. The average molecular weight is 361 g/mol. The van der Waals surface area contributed by atoms with Crippen LogP contribution in [0.2, 0.25) is 0 Å². The second kappa shape index (κ2) is 7.88. The summed E-state index contributed by atoms with van der Waals surface area (Å²) in [6, 6.07) is 4.16. The van der Waals surface area contributed by atoms with Gasteiger partial charge in [0.15, 0.2) is 11.4 Å². The zero-order valence-corrected chi connectivity index (χ0v) is 14.1. The van der Waals surface area contributed by atoms with E-state index in [0.29, 0.717) is 5.69 Å². The number of carbonyl (C=O) groups is 2. The van der Waals surface area contributed by atoms with Crippen molar-refractivity contribution < 1.29 is 24.0 Å². The lowest BCUT2D eigenvalue weighted by Gasteiger charge is -2.09. The Morgan fingerprint density at radius 3 is 2.69 bits per heavy atom. The fourth-order valence-corrected chi connectivity index (χ4v) is 2.04. The molecule has 1 aromatic heterocycles. The number of nitro benzene ring substituents is 1. The van der Waals surface area contributed by atoms with E-state index in [-0.39, 0.29) is 22.8 Å². The Labute approximate surface area is 147 Å². The van der Waals surface area contributed by atoms with Crippen molar-refractivity contribution in [1.29, 1.82) is 0 Å². The molecule has 0 atom stereocenters. The molecule has 0 aliphatic rings. The summed E-state index contributed by atoms with van der Waals surface area (Å²) < 4.78 is 9.89. The molecule has 2 aromatic rings. The van der Waals surface area contributed by atoms with Crippen molar-refractivity contribution in [3.05, 3.63) is 45.3 Å². The molecule has 0 radical (unpaired) electrons. The molecule has 1 amide bonds. The number of methoxy groups -OCH3 is 1. The monoisotopic (exact) mass is 361 g/mol. The van der Waals surface area contributed by atoms with Crippen LogP contribution in [0.4, 0.5) is 5.69 Å². The standard InChI is InChI=1S/C15H15N5O6/c1-8-6-11(18-17-8)15(22)19-16-7-10-4-5-12(26-9(2)21)14(25-3)13(10)20(23)24/h4-7H,1-3H3,(H,17,18)(H,19,22). The van der Waals surface area contributed by atoms with Gasteiger partial charge in [-0.2, -0.15) is 10.2 Å². The van der Waals surface area contributed by atoms with Crippen LogP contribution in [0.5, 0.6) is 11.5 Å². The summed E-state index contributed by atoms with van der Waals surface area (Å²) in [7, 11) is 1.21. The fourth-order valence-electron chi connectivity index (χ4n) is 2.04. The molecule has 0 saturated carbocycles. The minimum atomic E-state index is -0.702. The smallest absolute Gasteiger partial charge is 0.323 e. The molecule has 0 aliphatic heterocycles. The number of benzene rings is 1. The Morgan fingerprint density at radius 2 is 2.15 bits per heavy atom. The first kappa shape index (κ1) is 18.6. The number of hydrogen-bond acceptors (Lipinski definition) is 8. The highest BCUT2D eigenvalue weighted by Crippen LogP contribution is 2.39. The van der Waals surface area contributed by atoms with Crippen LogP contribution >= 0.6 is 0 Å². The van der Waals surface area contributed by atoms with Crippen LogP contribution in [0.1, 0.15) is 28.7 Å². The van der Waals surface area contributed by atoms with Crippen molar-refractivity contribution in [2.24, 2.45) is 5.10 Å². The number of carbonyl (C=O) groups excluding carboxylic acids is 2. The van der Waals surface area contributed by atoms with Crippen LogP contribution < -0.4 is 14.9 Å². The van der Waals surface area contributed by atoms with Gasteiger partial charge in [-0.1, -0.05) is 0 Å².